The normalized spacial score (nSPS) is 42.8. The van der Waals surface area contributed by atoms with Gasteiger partial charge in [-0.25, -0.2) is 4.79 Å². The molecule has 174 valence electrons. The molecule has 1 aliphatic carbocycles. The lowest BCUT2D eigenvalue weighted by molar-refractivity contribution is -0.143. The molecule has 0 bridgehead atoms. The topological polar surface area (TPSA) is 73.1 Å². The number of piperidine rings is 1. The predicted octanol–water partition coefficient (Wildman–Crippen LogP) is 3.31. The highest BCUT2D eigenvalue weighted by atomic mass is 16.6. The summed E-state index contributed by atoms with van der Waals surface area (Å²) < 4.78 is 29.7. The molecule has 0 aromatic rings. The number of hydrogen-bond donors (Lipinski definition) is 0. The van der Waals surface area contributed by atoms with Crippen LogP contribution in [0, 0.1) is 11.3 Å². The van der Waals surface area contributed by atoms with Crippen LogP contribution in [-0.2, 0) is 23.7 Å². The molecule has 5 fully saturated rings. The lowest BCUT2D eigenvalue weighted by Gasteiger charge is -2.47. The Kier molecular flexibility index (Phi) is 5.40. The Balaban J connectivity index is 1.25. The maximum atomic E-state index is 13.0. The molecule has 1 amide bonds. The lowest BCUT2D eigenvalue weighted by atomic mass is 9.68. The molecular weight excluding hydrogens is 398 g/mol. The van der Waals surface area contributed by atoms with Crippen molar-refractivity contribution in [3.63, 3.8) is 0 Å². The number of carbonyl (C=O) groups excluding carboxylic acids is 1. The minimum atomic E-state index is -0.310. The summed E-state index contributed by atoms with van der Waals surface area (Å²) in [5, 5.41) is 0. The van der Waals surface area contributed by atoms with Crippen molar-refractivity contribution in [3.8, 4) is 0 Å². The van der Waals surface area contributed by atoms with Gasteiger partial charge in [-0.3, -0.25) is 0 Å². The lowest BCUT2D eigenvalue weighted by Crippen LogP contribution is -2.57. The highest BCUT2D eigenvalue weighted by Crippen LogP contribution is 2.59. The summed E-state index contributed by atoms with van der Waals surface area (Å²) in [4.78, 5) is 14.8. The number of ether oxygens (including phenoxy) is 5. The molecule has 4 saturated heterocycles. The van der Waals surface area contributed by atoms with Gasteiger partial charge in [-0.1, -0.05) is 11.6 Å². The number of amides is 1. The van der Waals surface area contributed by atoms with Crippen molar-refractivity contribution < 1.29 is 28.5 Å². The Hall–Kier alpha value is -1.15. The van der Waals surface area contributed by atoms with E-state index >= 15 is 0 Å². The first-order valence-electron chi connectivity index (χ1n) is 11.8. The van der Waals surface area contributed by atoms with Gasteiger partial charge in [0.05, 0.1) is 31.8 Å². The molecule has 4 aliphatic heterocycles. The van der Waals surface area contributed by atoms with Crippen molar-refractivity contribution >= 4 is 6.09 Å². The van der Waals surface area contributed by atoms with Crippen LogP contribution < -0.4 is 0 Å². The van der Waals surface area contributed by atoms with Gasteiger partial charge in [0.2, 0.25) is 0 Å². The summed E-state index contributed by atoms with van der Waals surface area (Å²) in [7, 11) is 1.72. The molecule has 4 heterocycles. The monoisotopic (exact) mass is 435 g/mol. The molecule has 31 heavy (non-hydrogen) atoms. The van der Waals surface area contributed by atoms with Crippen LogP contribution in [0.1, 0.15) is 52.9 Å². The van der Waals surface area contributed by atoms with Crippen molar-refractivity contribution in [1.82, 2.24) is 4.90 Å². The quantitative estimate of drug-likeness (QED) is 0.487. The zero-order valence-electron chi connectivity index (χ0n) is 19.4. The molecule has 4 unspecified atom stereocenters. The van der Waals surface area contributed by atoms with Crippen molar-refractivity contribution in [1.29, 1.82) is 0 Å². The van der Waals surface area contributed by atoms with Crippen LogP contribution in [0.15, 0.2) is 11.6 Å². The van der Waals surface area contributed by atoms with E-state index in [1.165, 1.54) is 5.57 Å². The molecule has 1 saturated carbocycles. The summed E-state index contributed by atoms with van der Waals surface area (Å²) >= 11 is 0. The van der Waals surface area contributed by atoms with E-state index < -0.39 is 0 Å². The predicted molar refractivity (Wildman–Crippen MR) is 114 cm³/mol. The largest absolute Gasteiger partial charge is 0.443 e. The van der Waals surface area contributed by atoms with E-state index in [-0.39, 0.29) is 41.5 Å². The number of allylic oxidation sites excluding steroid dienone is 1. The number of rotatable bonds is 5. The maximum Gasteiger partial charge on any atom is 0.410 e. The molecule has 5 aliphatic rings. The maximum absolute atomic E-state index is 13.0. The number of nitrogens with zero attached hydrogens (tertiary/aromatic N) is 1. The summed E-state index contributed by atoms with van der Waals surface area (Å²) in [5.41, 5.74) is 1.09. The molecular formula is C24H37NO6. The van der Waals surface area contributed by atoms with Crippen molar-refractivity contribution in [2.24, 2.45) is 11.3 Å². The first-order valence-corrected chi connectivity index (χ1v) is 11.8. The second kappa shape index (κ2) is 7.72. The van der Waals surface area contributed by atoms with E-state index in [1.807, 2.05) is 4.90 Å². The van der Waals surface area contributed by atoms with Gasteiger partial charge in [0.25, 0.3) is 0 Å². The van der Waals surface area contributed by atoms with Crippen LogP contribution in [0.25, 0.3) is 0 Å². The van der Waals surface area contributed by atoms with Crippen LogP contribution >= 0.6 is 0 Å². The molecule has 0 N–H and O–H groups in total. The number of carbonyl (C=O) groups is 1. The second-order valence-electron chi connectivity index (χ2n) is 10.8. The highest BCUT2D eigenvalue weighted by Gasteiger charge is 2.72. The third kappa shape index (κ3) is 3.81. The van der Waals surface area contributed by atoms with E-state index in [9.17, 15) is 4.79 Å². The Morgan fingerprint density at radius 1 is 1.16 bits per heavy atom. The number of epoxide rings is 2. The van der Waals surface area contributed by atoms with Gasteiger partial charge in [0, 0.05) is 25.6 Å². The third-order valence-corrected chi connectivity index (χ3v) is 8.39. The van der Waals surface area contributed by atoms with E-state index in [1.54, 1.807) is 7.11 Å². The Labute approximate surface area is 185 Å². The first-order chi connectivity index (χ1) is 14.8. The molecule has 5 rings (SSSR count). The fourth-order valence-corrected chi connectivity index (χ4v) is 6.12. The van der Waals surface area contributed by atoms with Crippen LogP contribution in [0.5, 0.6) is 0 Å². The summed E-state index contributed by atoms with van der Waals surface area (Å²) in [6.45, 7) is 10.3. The SMILES string of the molecule is COC1C(OC(=O)N2CCC3(CC2)COC3)CCC2(CO2)C1[C@@]1(C)O[C@@H]1CC=C(C)C. The number of likely N-dealkylation sites (tertiary alicyclic amines) is 1. The summed E-state index contributed by atoms with van der Waals surface area (Å²) in [6, 6.07) is 0. The Bertz CT molecular complexity index is 730. The Morgan fingerprint density at radius 2 is 1.87 bits per heavy atom. The van der Waals surface area contributed by atoms with Crippen LogP contribution in [0.4, 0.5) is 4.79 Å². The smallest absolute Gasteiger partial charge is 0.410 e. The second-order valence-corrected chi connectivity index (χ2v) is 10.8. The third-order valence-electron chi connectivity index (χ3n) is 8.39. The highest BCUT2D eigenvalue weighted by molar-refractivity contribution is 5.68. The van der Waals surface area contributed by atoms with Crippen molar-refractivity contribution in [2.45, 2.75) is 82.4 Å². The summed E-state index contributed by atoms with van der Waals surface area (Å²) in [5.74, 6) is 0.0591. The van der Waals surface area contributed by atoms with Crippen molar-refractivity contribution in [2.75, 3.05) is 40.0 Å². The summed E-state index contributed by atoms with van der Waals surface area (Å²) in [6.07, 6.45) is 6.21. The molecule has 0 aromatic carbocycles. The fraction of sp³-hybridized carbons (Fsp3) is 0.875. The zero-order chi connectivity index (χ0) is 21.9. The van der Waals surface area contributed by atoms with Gasteiger partial charge in [0.1, 0.15) is 23.4 Å². The standard InChI is InChI=1S/C24H37NO6/c1-16(2)5-6-18-22(3,31-18)20-19(27-4)17(7-8-24(20)15-29-24)30-21(26)25-11-9-23(10-12-25)13-28-14-23/h5,17-20H,6-15H2,1-4H3/t17?,18-,19?,20?,22+,24?/m1/s1. The average molecular weight is 436 g/mol. The molecule has 6 atom stereocenters. The zero-order valence-corrected chi connectivity index (χ0v) is 19.4. The van der Waals surface area contributed by atoms with Gasteiger partial charge >= 0.3 is 6.09 Å². The van der Waals surface area contributed by atoms with Gasteiger partial charge in [-0.2, -0.15) is 0 Å². The molecule has 7 heteroatoms. The molecule has 0 radical (unpaired) electrons. The van der Waals surface area contributed by atoms with E-state index in [0.29, 0.717) is 5.41 Å². The van der Waals surface area contributed by atoms with Gasteiger partial charge < -0.3 is 28.6 Å². The van der Waals surface area contributed by atoms with Crippen LogP contribution in [0.3, 0.4) is 0 Å². The minimum absolute atomic E-state index is 0.0591. The van der Waals surface area contributed by atoms with Gasteiger partial charge in [-0.05, 0) is 52.9 Å². The van der Waals surface area contributed by atoms with E-state index in [0.717, 1.165) is 65.0 Å². The fourth-order valence-electron chi connectivity index (χ4n) is 6.12. The molecule has 7 nitrogen and oxygen atoms in total. The average Bonchev–Trinajstić information content (AvgIpc) is 3.64. The first kappa shape index (κ1) is 21.7. The van der Waals surface area contributed by atoms with Crippen molar-refractivity contribution in [3.05, 3.63) is 11.6 Å². The minimum Gasteiger partial charge on any atom is -0.443 e. The van der Waals surface area contributed by atoms with E-state index in [2.05, 4.69) is 26.8 Å². The number of methoxy groups -OCH3 is 1. The molecule has 2 spiro atoms. The Morgan fingerprint density at radius 3 is 2.42 bits per heavy atom. The van der Waals surface area contributed by atoms with Gasteiger partial charge in [-0.15, -0.1) is 0 Å². The van der Waals surface area contributed by atoms with Gasteiger partial charge in [0.15, 0.2) is 0 Å². The van der Waals surface area contributed by atoms with Crippen LogP contribution in [-0.4, -0.2) is 80.5 Å². The number of hydrogen-bond acceptors (Lipinski definition) is 6. The molecule has 0 aromatic heterocycles. The van der Waals surface area contributed by atoms with Crippen LogP contribution in [0.2, 0.25) is 0 Å². The van der Waals surface area contributed by atoms with E-state index in [4.69, 9.17) is 23.7 Å².